The molecule has 17 heavy (non-hydrogen) atoms. The van der Waals surface area contributed by atoms with Crippen LogP contribution in [0, 0.1) is 6.92 Å². The molecule has 1 N–H and O–H groups in total. The largest absolute Gasteiger partial charge is 0.481 e. The van der Waals surface area contributed by atoms with Crippen molar-refractivity contribution < 1.29 is 9.90 Å². The van der Waals surface area contributed by atoms with Crippen LogP contribution in [0.5, 0.6) is 0 Å². The van der Waals surface area contributed by atoms with Crippen molar-refractivity contribution in [1.29, 1.82) is 0 Å². The van der Waals surface area contributed by atoms with E-state index in [1.54, 1.807) is 0 Å². The van der Waals surface area contributed by atoms with E-state index in [0.29, 0.717) is 17.9 Å². The van der Waals surface area contributed by atoms with Crippen molar-refractivity contribution in [3.05, 3.63) is 34.3 Å². The fourth-order valence-electron chi connectivity index (χ4n) is 2.76. The average molecular weight is 253 g/mol. The number of carboxylic acid groups (broad SMARTS) is 1. The number of aliphatic carboxylic acids is 1. The van der Waals surface area contributed by atoms with Crippen molar-refractivity contribution in [2.45, 2.75) is 44.4 Å². The van der Waals surface area contributed by atoms with Gasteiger partial charge in [0, 0.05) is 5.02 Å². The number of carbonyl (C=O) groups is 1. The zero-order valence-electron chi connectivity index (χ0n) is 10.0. The van der Waals surface area contributed by atoms with Crippen LogP contribution in [0.25, 0.3) is 0 Å². The van der Waals surface area contributed by atoms with E-state index >= 15 is 0 Å². The molecule has 0 atom stereocenters. The van der Waals surface area contributed by atoms with Gasteiger partial charge in [0.2, 0.25) is 0 Å². The number of carboxylic acids is 1. The molecular formula is C14H17ClO2. The topological polar surface area (TPSA) is 37.3 Å². The third-order valence-corrected chi connectivity index (χ3v) is 4.07. The second-order valence-electron chi connectivity index (χ2n) is 4.93. The molecule has 1 aromatic rings. The van der Waals surface area contributed by atoms with Gasteiger partial charge in [0.1, 0.15) is 0 Å². The summed E-state index contributed by atoms with van der Waals surface area (Å²) < 4.78 is 0. The van der Waals surface area contributed by atoms with Crippen LogP contribution in [0.2, 0.25) is 5.02 Å². The predicted octanol–water partition coefficient (Wildman–Crippen LogP) is 3.93. The highest BCUT2D eigenvalue weighted by molar-refractivity contribution is 6.31. The van der Waals surface area contributed by atoms with Crippen LogP contribution in [0.15, 0.2) is 18.2 Å². The van der Waals surface area contributed by atoms with E-state index in [-0.39, 0.29) is 0 Å². The van der Waals surface area contributed by atoms with Gasteiger partial charge in [-0.05, 0) is 37.0 Å². The Labute approximate surface area is 107 Å². The van der Waals surface area contributed by atoms with Gasteiger partial charge in [0.25, 0.3) is 0 Å². The molecule has 3 heteroatoms. The van der Waals surface area contributed by atoms with Crippen molar-refractivity contribution in [3.8, 4) is 0 Å². The van der Waals surface area contributed by atoms with Crippen LogP contribution in [0.1, 0.15) is 43.2 Å². The second kappa shape index (κ2) is 4.69. The van der Waals surface area contributed by atoms with Crippen LogP contribution >= 0.6 is 11.6 Å². The Kier molecular flexibility index (Phi) is 3.43. The van der Waals surface area contributed by atoms with Crippen molar-refractivity contribution in [3.63, 3.8) is 0 Å². The number of aryl methyl sites for hydroxylation is 1. The Morgan fingerprint density at radius 1 is 1.29 bits per heavy atom. The van der Waals surface area contributed by atoms with Crippen LogP contribution in [0.3, 0.4) is 0 Å². The summed E-state index contributed by atoms with van der Waals surface area (Å²) in [7, 11) is 0. The summed E-state index contributed by atoms with van der Waals surface area (Å²) in [5.41, 5.74) is 1.09. The number of rotatable bonds is 2. The maximum atomic E-state index is 11.7. The van der Waals surface area contributed by atoms with Gasteiger partial charge >= 0.3 is 5.97 Å². The summed E-state index contributed by atoms with van der Waals surface area (Å²) in [5, 5.41) is 10.2. The summed E-state index contributed by atoms with van der Waals surface area (Å²) in [6.45, 7) is 1.96. The zero-order valence-corrected chi connectivity index (χ0v) is 10.8. The van der Waals surface area contributed by atoms with Gasteiger partial charge in [-0.1, -0.05) is 43.0 Å². The molecule has 1 aliphatic rings. The summed E-state index contributed by atoms with van der Waals surface area (Å²) in [6.07, 6.45) is 4.46. The van der Waals surface area contributed by atoms with Gasteiger partial charge in [0.05, 0.1) is 5.41 Å². The van der Waals surface area contributed by atoms with E-state index in [1.165, 1.54) is 0 Å². The standard InChI is InChI=1S/C14H17ClO2/c1-10-5-6-11(12(15)9-10)14(13(16)17)7-3-2-4-8-14/h5-6,9H,2-4,7-8H2,1H3,(H,16,17). The van der Waals surface area contributed by atoms with Crippen LogP contribution in [0.4, 0.5) is 0 Å². The van der Waals surface area contributed by atoms with Gasteiger partial charge in [-0.3, -0.25) is 4.79 Å². The molecule has 0 aliphatic heterocycles. The van der Waals surface area contributed by atoms with Gasteiger partial charge in [-0.25, -0.2) is 0 Å². The molecular weight excluding hydrogens is 236 g/mol. The van der Waals surface area contributed by atoms with Crippen molar-refractivity contribution in [2.75, 3.05) is 0 Å². The lowest BCUT2D eigenvalue weighted by Crippen LogP contribution is -2.38. The average Bonchev–Trinajstić information content (AvgIpc) is 2.29. The van der Waals surface area contributed by atoms with Crippen LogP contribution < -0.4 is 0 Å². The zero-order chi connectivity index (χ0) is 12.5. The molecule has 0 radical (unpaired) electrons. The molecule has 1 aliphatic carbocycles. The lowest BCUT2D eigenvalue weighted by atomic mass is 9.69. The summed E-state index contributed by atoms with van der Waals surface area (Å²) in [4.78, 5) is 11.7. The molecule has 0 aromatic heterocycles. The van der Waals surface area contributed by atoms with E-state index < -0.39 is 11.4 Å². The number of benzene rings is 1. The minimum absolute atomic E-state index is 0.592. The first-order valence-electron chi connectivity index (χ1n) is 6.06. The first-order chi connectivity index (χ1) is 8.06. The van der Waals surface area contributed by atoms with E-state index in [0.717, 1.165) is 30.4 Å². The molecule has 0 unspecified atom stereocenters. The van der Waals surface area contributed by atoms with Crippen LogP contribution in [-0.4, -0.2) is 11.1 Å². The summed E-state index contributed by atoms with van der Waals surface area (Å²) in [6, 6.07) is 5.69. The highest BCUT2D eigenvalue weighted by atomic mass is 35.5. The highest BCUT2D eigenvalue weighted by Gasteiger charge is 2.42. The van der Waals surface area contributed by atoms with Gasteiger partial charge in [-0.2, -0.15) is 0 Å². The monoisotopic (exact) mass is 252 g/mol. The lowest BCUT2D eigenvalue weighted by Gasteiger charge is -2.34. The van der Waals surface area contributed by atoms with E-state index in [9.17, 15) is 9.90 Å². The van der Waals surface area contributed by atoms with Gasteiger partial charge in [-0.15, -0.1) is 0 Å². The van der Waals surface area contributed by atoms with E-state index in [2.05, 4.69) is 0 Å². The maximum absolute atomic E-state index is 11.7. The SMILES string of the molecule is Cc1ccc(C2(C(=O)O)CCCCC2)c(Cl)c1. The third kappa shape index (κ3) is 2.19. The molecule has 1 aromatic carbocycles. The molecule has 0 saturated heterocycles. The molecule has 92 valence electrons. The lowest BCUT2D eigenvalue weighted by molar-refractivity contribution is -0.145. The minimum atomic E-state index is -0.761. The molecule has 1 saturated carbocycles. The molecule has 0 spiro atoms. The molecule has 0 amide bonds. The Morgan fingerprint density at radius 2 is 1.94 bits per heavy atom. The Hall–Kier alpha value is -1.02. The molecule has 1 fully saturated rings. The predicted molar refractivity (Wildman–Crippen MR) is 68.6 cm³/mol. The quantitative estimate of drug-likeness (QED) is 0.866. The summed E-state index contributed by atoms with van der Waals surface area (Å²) >= 11 is 6.23. The van der Waals surface area contributed by atoms with Crippen molar-refractivity contribution in [1.82, 2.24) is 0 Å². The van der Waals surface area contributed by atoms with E-state index in [1.807, 2.05) is 25.1 Å². The van der Waals surface area contributed by atoms with Crippen LogP contribution in [-0.2, 0) is 10.2 Å². The smallest absolute Gasteiger partial charge is 0.314 e. The van der Waals surface area contributed by atoms with Gasteiger partial charge < -0.3 is 5.11 Å². The van der Waals surface area contributed by atoms with Crippen molar-refractivity contribution >= 4 is 17.6 Å². The third-order valence-electron chi connectivity index (χ3n) is 3.76. The molecule has 0 bridgehead atoms. The fourth-order valence-corrected chi connectivity index (χ4v) is 3.18. The van der Waals surface area contributed by atoms with Crippen molar-refractivity contribution in [2.24, 2.45) is 0 Å². The normalized spacial score (nSPS) is 18.9. The van der Waals surface area contributed by atoms with E-state index in [4.69, 9.17) is 11.6 Å². The second-order valence-corrected chi connectivity index (χ2v) is 5.34. The highest BCUT2D eigenvalue weighted by Crippen LogP contribution is 2.42. The Balaban J connectivity index is 2.49. The Bertz CT molecular complexity index is 434. The number of hydrogen-bond donors (Lipinski definition) is 1. The Morgan fingerprint density at radius 3 is 2.47 bits per heavy atom. The minimum Gasteiger partial charge on any atom is -0.481 e. The first kappa shape index (κ1) is 12.4. The number of halogens is 1. The molecule has 2 rings (SSSR count). The summed E-state index contributed by atoms with van der Waals surface area (Å²) in [5.74, 6) is -0.733. The molecule has 2 nitrogen and oxygen atoms in total. The van der Waals surface area contributed by atoms with Gasteiger partial charge in [0.15, 0.2) is 0 Å². The first-order valence-corrected chi connectivity index (χ1v) is 6.44. The molecule has 0 heterocycles. The maximum Gasteiger partial charge on any atom is 0.314 e. The fraction of sp³-hybridized carbons (Fsp3) is 0.500. The number of hydrogen-bond acceptors (Lipinski definition) is 1.